The summed E-state index contributed by atoms with van der Waals surface area (Å²) in [7, 11) is 1.87. The highest BCUT2D eigenvalue weighted by molar-refractivity contribution is 6.22. The Bertz CT molecular complexity index is 679. The van der Waals surface area contributed by atoms with Crippen molar-refractivity contribution in [1.82, 2.24) is 4.90 Å². The first-order chi connectivity index (χ1) is 10.1. The van der Waals surface area contributed by atoms with Gasteiger partial charge in [0.25, 0.3) is 0 Å². The standard InChI is InChI=1S/C17H16ClNO2/c1-19-9-13-12-8-10(18)6-7-15(12)21-14-5-3-2-4-11(14)16(13)17(19)20/h2-5,7-8,10,13,16H,6,9H2,1H3/t10?,13-,16?/m1/s1. The van der Waals surface area contributed by atoms with Crippen LogP contribution in [0.3, 0.4) is 0 Å². The topological polar surface area (TPSA) is 29.5 Å². The van der Waals surface area contributed by atoms with E-state index in [1.165, 1.54) is 0 Å². The summed E-state index contributed by atoms with van der Waals surface area (Å²) in [5.41, 5.74) is 2.07. The van der Waals surface area contributed by atoms with E-state index in [0.717, 1.165) is 29.1 Å². The normalized spacial score (nSPS) is 30.5. The molecule has 0 N–H and O–H groups in total. The lowest BCUT2D eigenvalue weighted by atomic mass is 9.81. The molecule has 0 spiro atoms. The number of likely N-dealkylation sites (N-methyl/N-ethyl adjacent to an activating group) is 1. The van der Waals surface area contributed by atoms with Gasteiger partial charge in [0, 0.05) is 25.1 Å². The highest BCUT2D eigenvalue weighted by Gasteiger charge is 2.46. The fourth-order valence-electron chi connectivity index (χ4n) is 3.57. The average Bonchev–Trinajstić information content (AvgIpc) is 2.70. The third-order valence-electron chi connectivity index (χ3n) is 4.56. The molecular weight excluding hydrogens is 286 g/mol. The van der Waals surface area contributed by atoms with Gasteiger partial charge in [-0.25, -0.2) is 0 Å². The van der Waals surface area contributed by atoms with Gasteiger partial charge in [-0.3, -0.25) is 4.79 Å². The van der Waals surface area contributed by atoms with Gasteiger partial charge in [-0.05, 0) is 24.1 Å². The molecule has 3 nitrogen and oxygen atoms in total. The third-order valence-corrected chi connectivity index (χ3v) is 4.87. The Hall–Kier alpha value is -1.74. The van der Waals surface area contributed by atoms with Crippen LogP contribution in [0.1, 0.15) is 17.9 Å². The summed E-state index contributed by atoms with van der Waals surface area (Å²) >= 11 is 6.29. The fourth-order valence-corrected chi connectivity index (χ4v) is 3.79. The van der Waals surface area contributed by atoms with Crippen LogP contribution in [0.15, 0.2) is 47.7 Å². The van der Waals surface area contributed by atoms with Crippen LogP contribution in [0.2, 0.25) is 0 Å². The predicted octanol–water partition coefficient (Wildman–Crippen LogP) is 3.07. The molecule has 1 aromatic rings. The number of ether oxygens (including phenoxy) is 1. The highest BCUT2D eigenvalue weighted by Crippen LogP contribution is 2.48. The molecule has 4 rings (SSSR count). The van der Waals surface area contributed by atoms with Crippen molar-refractivity contribution in [3.8, 4) is 5.75 Å². The highest BCUT2D eigenvalue weighted by atomic mass is 35.5. The number of hydrogen-bond donors (Lipinski definition) is 0. The lowest BCUT2D eigenvalue weighted by molar-refractivity contribution is -0.127. The first-order valence-corrected chi connectivity index (χ1v) is 7.67. The van der Waals surface area contributed by atoms with E-state index in [2.05, 4.69) is 12.2 Å². The Labute approximate surface area is 128 Å². The van der Waals surface area contributed by atoms with E-state index >= 15 is 0 Å². The number of carbonyl (C=O) groups excluding carboxylic acids is 1. The molecule has 1 amide bonds. The fraction of sp³-hybridized carbons (Fsp3) is 0.353. The van der Waals surface area contributed by atoms with Crippen LogP contribution in [-0.4, -0.2) is 29.8 Å². The van der Waals surface area contributed by atoms with Gasteiger partial charge in [0.05, 0.1) is 11.3 Å². The predicted molar refractivity (Wildman–Crippen MR) is 81.4 cm³/mol. The Morgan fingerprint density at radius 3 is 3.00 bits per heavy atom. The molecule has 0 bridgehead atoms. The van der Waals surface area contributed by atoms with Gasteiger partial charge in [-0.15, -0.1) is 11.6 Å². The van der Waals surface area contributed by atoms with E-state index in [0.29, 0.717) is 6.54 Å². The summed E-state index contributed by atoms with van der Waals surface area (Å²) in [6.07, 6.45) is 4.88. The van der Waals surface area contributed by atoms with Crippen LogP contribution < -0.4 is 4.74 Å². The number of hydrogen-bond acceptors (Lipinski definition) is 2. The summed E-state index contributed by atoms with van der Waals surface area (Å²) in [5, 5.41) is -0.0183. The Balaban J connectivity index is 1.92. The van der Waals surface area contributed by atoms with Crippen LogP contribution >= 0.6 is 11.6 Å². The van der Waals surface area contributed by atoms with Crippen LogP contribution in [0.4, 0.5) is 0 Å². The first-order valence-electron chi connectivity index (χ1n) is 7.23. The molecule has 3 atom stereocenters. The SMILES string of the molecule is CN1C[C@@H]2C3=CC(Cl)CC=C3Oc3ccccc3C2C1=O. The summed E-state index contributed by atoms with van der Waals surface area (Å²) < 4.78 is 6.09. The van der Waals surface area contributed by atoms with Crippen molar-refractivity contribution in [3.63, 3.8) is 0 Å². The number of para-hydroxylation sites is 1. The van der Waals surface area contributed by atoms with Gasteiger partial charge in [0.15, 0.2) is 0 Å². The molecule has 1 fully saturated rings. The zero-order valence-electron chi connectivity index (χ0n) is 11.8. The molecule has 1 aliphatic carbocycles. The quantitative estimate of drug-likeness (QED) is 0.689. The van der Waals surface area contributed by atoms with Crippen molar-refractivity contribution in [2.75, 3.05) is 13.6 Å². The smallest absolute Gasteiger partial charge is 0.230 e. The number of benzene rings is 1. The molecule has 108 valence electrons. The third kappa shape index (κ3) is 1.91. The summed E-state index contributed by atoms with van der Waals surface area (Å²) in [6.45, 7) is 0.716. The largest absolute Gasteiger partial charge is 0.457 e. The van der Waals surface area contributed by atoms with Gasteiger partial charge in [0.1, 0.15) is 11.5 Å². The van der Waals surface area contributed by atoms with E-state index in [9.17, 15) is 4.79 Å². The van der Waals surface area contributed by atoms with Gasteiger partial charge < -0.3 is 9.64 Å². The number of amides is 1. The van der Waals surface area contributed by atoms with Crippen LogP contribution in [0.25, 0.3) is 0 Å². The number of fused-ring (bicyclic) bond motifs is 5. The number of alkyl halides is 1. The van der Waals surface area contributed by atoms with E-state index in [-0.39, 0.29) is 23.1 Å². The zero-order valence-corrected chi connectivity index (χ0v) is 12.5. The molecule has 0 radical (unpaired) electrons. The Morgan fingerprint density at radius 1 is 1.33 bits per heavy atom. The monoisotopic (exact) mass is 301 g/mol. The molecule has 1 saturated heterocycles. The Morgan fingerprint density at radius 2 is 2.14 bits per heavy atom. The van der Waals surface area contributed by atoms with Gasteiger partial charge in [0.2, 0.25) is 5.91 Å². The van der Waals surface area contributed by atoms with Gasteiger partial charge in [-0.2, -0.15) is 0 Å². The molecule has 4 heteroatoms. The lowest BCUT2D eigenvalue weighted by Crippen LogP contribution is -2.22. The van der Waals surface area contributed by atoms with Gasteiger partial charge in [-0.1, -0.05) is 24.3 Å². The second-order valence-corrected chi connectivity index (χ2v) is 6.45. The van der Waals surface area contributed by atoms with Crippen molar-refractivity contribution < 1.29 is 9.53 Å². The number of allylic oxidation sites excluding steroid dienone is 3. The number of carbonyl (C=O) groups is 1. The van der Waals surface area contributed by atoms with Crippen molar-refractivity contribution in [1.29, 1.82) is 0 Å². The van der Waals surface area contributed by atoms with Crippen molar-refractivity contribution in [2.24, 2.45) is 5.92 Å². The average molecular weight is 302 g/mol. The zero-order chi connectivity index (χ0) is 14.6. The van der Waals surface area contributed by atoms with E-state index in [1.54, 1.807) is 0 Å². The van der Waals surface area contributed by atoms with Crippen LogP contribution in [-0.2, 0) is 4.79 Å². The van der Waals surface area contributed by atoms with Crippen molar-refractivity contribution in [3.05, 3.63) is 53.3 Å². The molecule has 2 aliphatic heterocycles. The maximum absolute atomic E-state index is 12.6. The minimum Gasteiger partial charge on any atom is -0.457 e. The maximum Gasteiger partial charge on any atom is 0.230 e. The molecule has 0 aromatic heterocycles. The minimum atomic E-state index is -0.162. The molecule has 21 heavy (non-hydrogen) atoms. The van der Waals surface area contributed by atoms with E-state index in [4.69, 9.17) is 16.3 Å². The molecule has 2 heterocycles. The van der Waals surface area contributed by atoms with Crippen LogP contribution in [0, 0.1) is 5.92 Å². The number of rotatable bonds is 0. The molecule has 1 aromatic carbocycles. The van der Waals surface area contributed by atoms with E-state index < -0.39 is 0 Å². The van der Waals surface area contributed by atoms with Gasteiger partial charge >= 0.3 is 0 Å². The second kappa shape index (κ2) is 4.63. The number of nitrogens with zero attached hydrogens (tertiary/aromatic N) is 1. The van der Waals surface area contributed by atoms with Crippen LogP contribution in [0.5, 0.6) is 5.75 Å². The maximum atomic E-state index is 12.6. The molecule has 2 unspecified atom stereocenters. The van der Waals surface area contributed by atoms with E-state index in [1.807, 2.05) is 36.2 Å². The number of likely N-dealkylation sites (tertiary alicyclic amines) is 1. The van der Waals surface area contributed by atoms with Crippen molar-refractivity contribution >= 4 is 17.5 Å². The molecule has 3 aliphatic rings. The second-order valence-electron chi connectivity index (χ2n) is 5.88. The van der Waals surface area contributed by atoms with Crippen molar-refractivity contribution in [2.45, 2.75) is 17.7 Å². The Kier molecular flexibility index (Phi) is 2.86. The summed E-state index contributed by atoms with van der Waals surface area (Å²) in [5.74, 6) is 1.79. The lowest BCUT2D eigenvalue weighted by Gasteiger charge is -2.22. The number of halogens is 1. The summed E-state index contributed by atoms with van der Waals surface area (Å²) in [6, 6.07) is 7.85. The first kappa shape index (κ1) is 13.0. The summed E-state index contributed by atoms with van der Waals surface area (Å²) in [4.78, 5) is 14.4. The molecule has 0 saturated carbocycles. The minimum absolute atomic E-state index is 0.0183. The molecular formula is C17H16ClNO2.